The Bertz CT molecular complexity index is 1360. The molecule has 0 spiro atoms. The smallest absolute Gasteiger partial charge is 0.161 e. The van der Waals surface area contributed by atoms with E-state index in [1.54, 1.807) is 12.3 Å². The third-order valence-corrected chi connectivity index (χ3v) is 8.36. The highest BCUT2D eigenvalue weighted by molar-refractivity contribution is 8.00. The molecular weight excluding hydrogens is 478 g/mol. The van der Waals surface area contributed by atoms with Gasteiger partial charge in [0.2, 0.25) is 0 Å². The number of piperidine rings is 1. The maximum absolute atomic E-state index is 14.3. The normalized spacial score (nSPS) is 19.6. The molecule has 1 saturated carbocycles. The number of aromatic nitrogens is 4. The van der Waals surface area contributed by atoms with E-state index in [1.807, 2.05) is 30.2 Å². The summed E-state index contributed by atoms with van der Waals surface area (Å²) < 4.78 is 28.5. The number of likely N-dealkylation sites (tertiary alicyclic amines) is 1. The van der Waals surface area contributed by atoms with Gasteiger partial charge in [-0.15, -0.1) is 11.8 Å². The average molecular weight is 507 g/mol. The molecule has 36 heavy (non-hydrogen) atoms. The van der Waals surface area contributed by atoms with Crippen molar-refractivity contribution in [2.45, 2.75) is 54.7 Å². The quantitative estimate of drug-likeness (QED) is 0.389. The van der Waals surface area contributed by atoms with Crippen molar-refractivity contribution in [3.63, 3.8) is 0 Å². The molecule has 2 aliphatic carbocycles. The van der Waals surface area contributed by atoms with Gasteiger partial charge in [0, 0.05) is 35.0 Å². The number of hydrogen-bond donors (Lipinski definition) is 1. The van der Waals surface area contributed by atoms with Crippen LogP contribution in [0.1, 0.15) is 50.0 Å². The summed E-state index contributed by atoms with van der Waals surface area (Å²) in [5.41, 5.74) is 2.66. The van der Waals surface area contributed by atoms with E-state index in [-0.39, 0.29) is 12.1 Å². The molecule has 3 aromatic heterocycles. The Morgan fingerprint density at radius 2 is 1.92 bits per heavy atom. The van der Waals surface area contributed by atoms with Gasteiger partial charge in [0.15, 0.2) is 5.82 Å². The number of allylic oxidation sites excluding steroid dienone is 3. The molecule has 0 bridgehead atoms. The minimum Gasteiger partial charge on any atom is -0.336 e. The standard InChI is InChI=1S/C27H28F2N6S/c1-35-11-8-18(9-12-35)36-27-24-19(16-5-6-16)14-30-15-22(24)32-26(34-27)17-7-10-31-23(13-17)33-25-20(28)3-2-4-21(25)29/h3,7,10,13-16,18H,2,4-6,8-9,11-12H2,1H3,(H,31,33). The summed E-state index contributed by atoms with van der Waals surface area (Å²) in [5.74, 6) is 0.349. The maximum Gasteiger partial charge on any atom is 0.161 e. The van der Waals surface area contributed by atoms with Crippen LogP contribution in [-0.2, 0) is 0 Å². The van der Waals surface area contributed by atoms with E-state index in [4.69, 9.17) is 9.97 Å². The number of anilines is 1. The zero-order valence-electron chi connectivity index (χ0n) is 20.2. The lowest BCUT2D eigenvalue weighted by Crippen LogP contribution is -2.31. The topological polar surface area (TPSA) is 66.8 Å². The van der Waals surface area contributed by atoms with Gasteiger partial charge in [-0.25, -0.2) is 23.7 Å². The van der Waals surface area contributed by atoms with Crippen LogP contribution in [0.3, 0.4) is 0 Å². The fraction of sp³-hybridized carbons (Fsp3) is 0.407. The van der Waals surface area contributed by atoms with Gasteiger partial charge in [-0.1, -0.05) is 0 Å². The number of nitrogens with one attached hydrogen (secondary N) is 1. The third-order valence-electron chi connectivity index (χ3n) is 7.03. The van der Waals surface area contributed by atoms with Crippen LogP contribution >= 0.6 is 11.8 Å². The molecule has 186 valence electrons. The van der Waals surface area contributed by atoms with Gasteiger partial charge in [-0.05, 0) is 81.9 Å². The second-order valence-corrected chi connectivity index (χ2v) is 11.1. The number of halogens is 2. The van der Waals surface area contributed by atoms with Crippen molar-refractivity contribution in [3.8, 4) is 11.4 Å². The van der Waals surface area contributed by atoms with Gasteiger partial charge >= 0.3 is 0 Å². The molecule has 4 heterocycles. The molecule has 3 aromatic rings. The van der Waals surface area contributed by atoms with Crippen LogP contribution in [0.5, 0.6) is 0 Å². The fourth-order valence-corrected chi connectivity index (χ4v) is 6.07. The molecule has 9 heteroatoms. The Morgan fingerprint density at radius 3 is 2.69 bits per heavy atom. The van der Waals surface area contributed by atoms with Gasteiger partial charge in [-0.3, -0.25) is 4.98 Å². The number of thioether (sulfide) groups is 1. The predicted octanol–water partition coefficient (Wildman–Crippen LogP) is 6.39. The molecule has 1 saturated heterocycles. The highest BCUT2D eigenvalue weighted by Gasteiger charge is 2.29. The predicted molar refractivity (Wildman–Crippen MR) is 139 cm³/mol. The molecule has 0 atom stereocenters. The summed E-state index contributed by atoms with van der Waals surface area (Å²) in [6, 6.07) is 3.57. The maximum atomic E-state index is 14.3. The van der Waals surface area contributed by atoms with Crippen LogP contribution in [0, 0.1) is 0 Å². The Morgan fingerprint density at radius 1 is 1.08 bits per heavy atom. The SMILES string of the molecule is CN1CCC(Sc2nc(-c3ccnc(NC4=C(F)CCC=C4F)c3)nc3cncc(C4CC4)c23)CC1. The molecule has 3 aliphatic rings. The molecule has 0 aromatic carbocycles. The van der Waals surface area contributed by atoms with E-state index < -0.39 is 11.7 Å². The van der Waals surface area contributed by atoms with Crippen LogP contribution in [0.25, 0.3) is 22.3 Å². The first-order valence-corrected chi connectivity index (χ1v) is 13.4. The summed E-state index contributed by atoms with van der Waals surface area (Å²) in [4.78, 5) is 21.1. The number of hydrogen-bond acceptors (Lipinski definition) is 7. The van der Waals surface area contributed by atoms with Crippen molar-refractivity contribution >= 4 is 28.5 Å². The Labute approximate surface area is 213 Å². The lowest BCUT2D eigenvalue weighted by molar-refractivity contribution is 0.282. The van der Waals surface area contributed by atoms with Crippen molar-refractivity contribution < 1.29 is 8.78 Å². The number of pyridine rings is 2. The molecule has 2 fully saturated rings. The molecule has 6 rings (SSSR count). The minimum absolute atomic E-state index is 0.151. The van der Waals surface area contributed by atoms with Crippen molar-refractivity contribution in [2.75, 3.05) is 25.5 Å². The van der Waals surface area contributed by atoms with Crippen LogP contribution in [0.15, 0.2) is 59.2 Å². The molecule has 0 amide bonds. The van der Waals surface area contributed by atoms with Crippen molar-refractivity contribution in [3.05, 3.63) is 59.7 Å². The first-order valence-electron chi connectivity index (χ1n) is 12.5. The number of rotatable bonds is 6. The first kappa shape index (κ1) is 23.5. The highest BCUT2D eigenvalue weighted by atomic mass is 32.2. The monoisotopic (exact) mass is 506 g/mol. The zero-order valence-corrected chi connectivity index (χ0v) is 21.0. The van der Waals surface area contributed by atoms with Gasteiger partial charge in [0.25, 0.3) is 0 Å². The summed E-state index contributed by atoms with van der Waals surface area (Å²) in [6.07, 6.45) is 11.9. The van der Waals surface area contributed by atoms with E-state index >= 15 is 0 Å². The van der Waals surface area contributed by atoms with Crippen molar-refractivity contribution in [1.82, 2.24) is 24.8 Å². The molecule has 1 aliphatic heterocycles. The molecule has 1 N–H and O–H groups in total. The molecular formula is C27H28F2N6S. The molecule has 0 radical (unpaired) electrons. The molecule has 0 unspecified atom stereocenters. The number of fused-ring (bicyclic) bond motifs is 1. The van der Waals surface area contributed by atoms with Crippen LogP contribution < -0.4 is 5.32 Å². The number of nitrogens with zero attached hydrogens (tertiary/aromatic N) is 5. The lowest BCUT2D eigenvalue weighted by atomic mass is 10.1. The minimum atomic E-state index is -0.594. The Balaban J connectivity index is 1.38. The van der Waals surface area contributed by atoms with Crippen LogP contribution in [0.2, 0.25) is 0 Å². The fourth-order valence-electron chi connectivity index (χ4n) is 4.83. The van der Waals surface area contributed by atoms with Crippen LogP contribution in [-0.4, -0.2) is 50.2 Å². The third kappa shape index (κ3) is 4.86. The van der Waals surface area contributed by atoms with Crippen LogP contribution in [0.4, 0.5) is 14.6 Å². The average Bonchev–Trinajstić information content (AvgIpc) is 3.73. The second kappa shape index (κ2) is 9.86. The highest BCUT2D eigenvalue weighted by Crippen LogP contribution is 2.45. The summed E-state index contributed by atoms with van der Waals surface area (Å²) >= 11 is 1.85. The second-order valence-electron chi connectivity index (χ2n) is 9.80. The van der Waals surface area contributed by atoms with E-state index in [2.05, 4.69) is 27.2 Å². The van der Waals surface area contributed by atoms with Gasteiger partial charge < -0.3 is 10.2 Å². The van der Waals surface area contributed by atoms with E-state index in [0.717, 1.165) is 47.4 Å². The van der Waals surface area contributed by atoms with Gasteiger partial charge in [0.1, 0.15) is 28.2 Å². The Hall–Kier alpha value is -2.91. The summed E-state index contributed by atoms with van der Waals surface area (Å²) in [5, 5.41) is 5.43. The first-order chi connectivity index (χ1) is 17.5. The zero-order chi connectivity index (χ0) is 24.6. The van der Waals surface area contributed by atoms with Gasteiger partial charge in [0.05, 0.1) is 11.7 Å². The van der Waals surface area contributed by atoms with E-state index in [9.17, 15) is 8.78 Å². The van der Waals surface area contributed by atoms with Crippen molar-refractivity contribution in [2.24, 2.45) is 0 Å². The van der Waals surface area contributed by atoms with E-state index in [0.29, 0.717) is 29.2 Å². The van der Waals surface area contributed by atoms with E-state index in [1.165, 1.54) is 24.5 Å². The van der Waals surface area contributed by atoms with Gasteiger partial charge in [-0.2, -0.15) is 0 Å². The summed E-state index contributed by atoms with van der Waals surface area (Å²) in [6.45, 7) is 2.17. The van der Waals surface area contributed by atoms with Crippen molar-refractivity contribution in [1.29, 1.82) is 0 Å². The summed E-state index contributed by atoms with van der Waals surface area (Å²) in [7, 11) is 2.17. The Kier molecular flexibility index (Phi) is 6.43. The lowest BCUT2D eigenvalue weighted by Gasteiger charge is -2.28. The molecule has 6 nitrogen and oxygen atoms in total. The largest absolute Gasteiger partial charge is 0.336 e.